The van der Waals surface area contributed by atoms with Gasteiger partial charge in [-0.05, 0) is 38.8 Å². The fourth-order valence-corrected chi connectivity index (χ4v) is 1.93. The lowest BCUT2D eigenvalue weighted by Gasteiger charge is -2.22. The third kappa shape index (κ3) is 11.9. The normalized spacial score (nSPS) is 15.1. The highest BCUT2D eigenvalue weighted by atomic mass is 14.8. The van der Waals surface area contributed by atoms with Gasteiger partial charge in [-0.2, -0.15) is 0 Å². The van der Waals surface area contributed by atoms with E-state index in [2.05, 4.69) is 18.8 Å². The van der Waals surface area contributed by atoms with Crippen LogP contribution in [0, 0.1) is 5.92 Å². The summed E-state index contributed by atoms with van der Waals surface area (Å²) in [4.78, 5) is 0. The Labute approximate surface area is 109 Å². The van der Waals surface area contributed by atoms with Crippen molar-refractivity contribution in [3.8, 4) is 0 Å². The van der Waals surface area contributed by atoms with Crippen molar-refractivity contribution in [2.75, 3.05) is 20.1 Å². The number of nitrogens with two attached hydrogens (primary N) is 1. The van der Waals surface area contributed by atoms with Crippen LogP contribution in [-0.2, 0) is 0 Å². The van der Waals surface area contributed by atoms with Gasteiger partial charge in [0.25, 0.3) is 0 Å². The van der Waals surface area contributed by atoms with Gasteiger partial charge in [-0.15, -0.1) is 0 Å². The molecule has 0 radical (unpaired) electrons. The molecule has 0 heterocycles. The molecule has 0 saturated heterocycles. The highest BCUT2D eigenvalue weighted by Crippen LogP contribution is 2.27. The van der Waals surface area contributed by atoms with Crippen LogP contribution in [0.4, 0.5) is 0 Å². The Morgan fingerprint density at radius 1 is 1.24 bits per heavy atom. The Morgan fingerprint density at radius 3 is 2.06 bits per heavy atom. The van der Waals surface area contributed by atoms with Gasteiger partial charge in [-0.25, -0.2) is 0 Å². The van der Waals surface area contributed by atoms with Gasteiger partial charge in [-0.1, -0.05) is 52.2 Å². The smallest absolute Gasteiger partial charge is 0.0136 e. The molecule has 1 aliphatic rings. The predicted octanol–water partition coefficient (Wildman–Crippen LogP) is 3.72. The standard InChI is InChI=1S/C9H17N.C4H11N.C2H6/c1-8(7-10)9-5-3-2-4-6-9;1-3-4-5-2;1-2/h9H,1-7,10H2;5H,3-4H2,1-2H3;1-2H3. The molecule has 3 N–H and O–H groups in total. The molecule has 2 heteroatoms. The molecule has 2 nitrogen and oxygen atoms in total. The minimum atomic E-state index is 0.685. The third-order valence-electron chi connectivity index (χ3n) is 2.94. The van der Waals surface area contributed by atoms with Crippen LogP contribution in [-0.4, -0.2) is 20.1 Å². The van der Waals surface area contributed by atoms with Crippen LogP contribution in [0.1, 0.15) is 59.3 Å². The maximum Gasteiger partial charge on any atom is 0.0136 e. The molecular formula is C15H34N2. The largest absolute Gasteiger partial charge is 0.327 e. The topological polar surface area (TPSA) is 38.0 Å². The molecule has 1 fully saturated rings. The monoisotopic (exact) mass is 242 g/mol. The molecule has 1 saturated carbocycles. The SMILES string of the molecule is C=C(CN)C1CCCCC1.CC.CCCNC. The molecular weight excluding hydrogens is 208 g/mol. The van der Waals surface area contributed by atoms with Crippen LogP contribution in [0.25, 0.3) is 0 Å². The Balaban J connectivity index is 0. The lowest BCUT2D eigenvalue weighted by atomic mass is 9.84. The first-order chi connectivity index (χ1) is 8.26. The summed E-state index contributed by atoms with van der Waals surface area (Å²) in [6.45, 7) is 11.9. The Morgan fingerprint density at radius 2 is 1.76 bits per heavy atom. The molecule has 0 aromatic rings. The van der Waals surface area contributed by atoms with Gasteiger partial charge in [-0.3, -0.25) is 0 Å². The fraction of sp³-hybridized carbons (Fsp3) is 0.867. The van der Waals surface area contributed by atoms with Crippen molar-refractivity contribution in [3.63, 3.8) is 0 Å². The van der Waals surface area contributed by atoms with Gasteiger partial charge >= 0.3 is 0 Å². The Hall–Kier alpha value is -0.340. The van der Waals surface area contributed by atoms with E-state index in [9.17, 15) is 0 Å². The summed E-state index contributed by atoms with van der Waals surface area (Å²) in [6, 6.07) is 0. The van der Waals surface area contributed by atoms with Gasteiger partial charge in [0.1, 0.15) is 0 Å². The van der Waals surface area contributed by atoms with Crippen LogP contribution in [0.3, 0.4) is 0 Å². The van der Waals surface area contributed by atoms with E-state index < -0.39 is 0 Å². The zero-order valence-corrected chi connectivity index (χ0v) is 12.5. The van der Waals surface area contributed by atoms with Crippen molar-refractivity contribution in [3.05, 3.63) is 12.2 Å². The molecule has 1 rings (SSSR count). The summed E-state index contributed by atoms with van der Waals surface area (Å²) in [5.74, 6) is 0.749. The van der Waals surface area contributed by atoms with Crippen molar-refractivity contribution in [1.82, 2.24) is 5.32 Å². The summed E-state index contributed by atoms with van der Waals surface area (Å²) >= 11 is 0. The molecule has 0 aliphatic heterocycles. The zero-order valence-electron chi connectivity index (χ0n) is 12.5. The van der Waals surface area contributed by atoms with Gasteiger partial charge in [0.2, 0.25) is 0 Å². The average molecular weight is 242 g/mol. The van der Waals surface area contributed by atoms with Gasteiger partial charge in [0.15, 0.2) is 0 Å². The summed E-state index contributed by atoms with van der Waals surface area (Å²) in [5, 5.41) is 3.02. The molecule has 0 atom stereocenters. The molecule has 0 bridgehead atoms. The van der Waals surface area contributed by atoms with Crippen molar-refractivity contribution < 1.29 is 0 Å². The van der Waals surface area contributed by atoms with E-state index in [-0.39, 0.29) is 0 Å². The second kappa shape index (κ2) is 15.7. The third-order valence-corrected chi connectivity index (χ3v) is 2.94. The number of hydrogen-bond donors (Lipinski definition) is 2. The van der Waals surface area contributed by atoms with Crippen LogP contribution >= 0.6 is 0 Å². The maximum atomic E-state index is 5.50. The van der Waals surface area contributed by atoms with Crippen molar-refractivity contribution in [2.45, 2.75) is 59.3 Å². The maximum absolute atomic E-state index is 5.50. The molecule has 0 unspecified atom stereocenters. The average Bonchev–Trinajstić information content (AvgIpc) is 2.43. The molecule has 0 aromatic carbocycles. The van der Waals surface area contributed by atoms with E-state index in [0.717, 1.165) is 12.5 Å². The summed E-state index contributed by atoms with van der Waals surface area (Å²) in [7, 11) is 1.96. The van der Waals surface area contributed by atoms with E-state index >= 15 is 0 Å². The van der Waals surface area contributed by atoms with Crippen molar-refractivity contribution in [1.29, 1.82) is 0 Å². The minimum Gasteiger partial charge on any atom is -0.327 e. The first kappa shape index (κ1) is 19.0. The first-order valence-corrected chi connectivity index (χ1v) is 7.28. The van der Waals surface area contributed by atoms with Crippen LogP contribution in [0.15, 0.2) is 12.2 Å². The van der Waals surface area contributed by atoms with Crippen LogP contribution in [0.5, 0.6) is 0 Å². The van der Waals surface area contributed by atoms with Crippen LogP contribution in [0.2, 0.25) is 0 Å². The molecule has 0 amide bonds. The fourth-order valence-electron chi connectivity index (χ4n) is 1.93. The van der Waals surface area contributed by atoms with E-state index in [1.807, 2.05) is 20.9 Å². The molecule has 104 valence electrons. The van der Waals surface area contributed by atoms with E-state index in [1.165, 1.54) is 44.1 Å². The zero-order chi connectivity index (χ0) is 13.5. The number of hydrogen-bond acceptors (Lipinski definition) is 2. The second-order valence-electron chi connectivity index (χ2n) is 4.30. The summed E-state index contributed by atoms with van der Waals surface area (Å²) in [5.41, 5.74) is 6.77. The lowest BCUT2D eigenvalue weighted by molar-refractivity contribution is 0.400. The van der Waals surface area contributed by atoms with E-state index in [4.69, 9.17) is 5.73 Å². The highest BCUT2D eigenvalue weighted by molar-refractivity contribution is 5.02. The molecule has 17 heavy (non-hydrogen) atoms. The van der Waals surface area contributed by atoms with Gasteiger partial charge in [0.05, 0.1) is 0 Å². The first-order valence-electron chi connectivity index (χ1n) is 7.28. The van der Waals surface area contributed by atoms with E-state index in [1.54, 1.807) is 0 Å². The molecule has 0 aromatic heterocycles. The number of rotatable bonds is 4. The summed E-state index contributed by atoms with van der Waals surface area (Å²) < 4.78 is 0. The molecule has 0 spiro atoms. The second-order valence-corrected chi connectivity index (χ2v) is 4.30. The quantitative estimate of drug-likeness (QED) is 0.737. The predicted molar refractivity (Wildman–Crippen MR) is 80.3 cm³/mol. The van der Waals surface area contributed by atoms with Gasteiger partial charge in [0, 0.05) is 6.54 Å². The van der Waals surface area contributed by atoms with Crippen LogP contribution < -0.4 is 11.1 Å². The van der Waals surface area contributed by atoms with Crippen molar-refractivity contribution in [2.24, 2.45) is 11.7 Å². The number of nitrogens with one attached hydrogen (secondary N) is 1. The summed E-state index contributed by atoms with van der Waals surface area (Å²) in [6.07, 6.45) is 8.06. The van der Waals surface area contributed by atoms with Gasteiger partial charge < -0.3 is 11.1 Å². The lowest BCUT2D eigenvalue weighted by Crippen LogP contribution is -2.14. The minimum absolute atomic E-state index is 0.685. The molecule has 1 aliphatic carbocycles. The Kier molecular flexibility index (Phi) is 17.5. The highest BCUT2D eigenvalue weighted by Gasteiger charge is 2.14. The van der Waals surface area contributed by atoms with Crippen molar-refractivity contribution >= 4 is 0 Å². The van der Waals surface area contributed by atoms with E-state index in [0.29, 0.717) is 6.54 Å². The Bertz CT molecular complexity index is 147.